The van der Waals surface area contributed by atoms with Crippen LogP contribution >= 0.6 is 11.8 Å². The first kappa shape index (κ1) is 12.5. The summed E-state index contributed by atoms with van der Waals surface area (Å²) < 4.78 is 5.10. The third-order valence-electron chi connectivity index (χ3n) is 1.94. The lowest BCUT2D eigenvalue weighted by Crippen LogP contribution is -2.03. The van der Waals surface area contributed by atoms with Gasteiger partial charge in [0.2, 0.25) is 5.89 Å². The molecule has 86 valence electrons. The van der Waals surface area contributed by atoms with E-state index in [9.17, 15) is 0 Å². The summed E-state index contributed by atoms with van der Waals surface area (Å²) in [4.78, 5) is 4.27. The molecule has 1 atom stereocenters. The highest BCUT2D eigenvalue weighted by Crippen LogP contribution is 2.16. The van der Waals surface area contributed by atoms with Crippen LogP contribution in [-0.4, -0.2) is 27.6 Å². The summed E-state index contributed by atoms with van der Waals surface area (Å²) in [5, 5.41) is 12.7. The van der Waals surface area contributed by atoms with E-state index in [1.165, 1.54) is 0 Å². The zero-order valence-corrected chi connectivity index (χ0v) is 10.3. The molecule has 0 aliphatic heterocycles. The zero-order chi connectivity index (χ0) is 11.3. The standard InChI is InChI=1S/C10H18N2O2S/c1-7(2)10-11-9(14-12-10)6-15-5-8(3)4-13/h7-8,13H,4-6H2,1-3H3. The number of aliphatic hydroxyl groups is 1. The molecule has 4 nitrogen and oxygen atoms in total. The van der Waals surface area contributed by atoms with Gasteiger partial charge >= 0.3 is 0 Å². The molecular formula is C10H18N2O2S. The second-order valence-corrected chi connectivity index (χ2v) is 5.03. The summed E-state index contributed by atoms with van der Waals surface area (Å²) in [6.07, 6.45) is 0. The Morgan fingerprint density at radius 3 is 2.67 bits per heavy atom. The van der Waals surface area contributed by atoms with Crippen LogP contribution in [0.4, 0.5) is 0 Å². The molecule has 0 fully saturated rings. The lowest BCUT2D eigenvalue weighted by Gasteiger charge is -2.04. The van der Waals surface area contributed by atoms with Crippen LogP contribution in [0.25, 0.3) is 0 Å². The quantitative estimate of drug-likeness (QED) is 0.810. The van der Waals surface area contributed by atoms with Crippen molar-refractivity contribution >= 4 is 11.8 Å². The van der Waals surface area contributed by atoms with E-state index in [2.05, 4.69) is 10.1 Å². The fourth-order valence-electron chi connectivity index (χ4n) is 0.961. The Morgan fingerprint density at radius 2 is 2.13 bits per heavy atom. The van der Waals surface area contributed by atoms with E-state index in [1.807, 2.05) is 20.8 Å². The number of thioether (sulfide) groups is 1. The van der Waals surface area contributed by atoms with E-state index in [0.717, 1.165) is 17.3 Å². The van der Waals surface area contributed by atoms with E-state index >= 15 is 0 Å². The van der Waals surface area contributed by atoms with Gasteiger partial charge in [0.1, 0.15) is 0 Å². The Bertz CT molecular complexity index is 289. The van der Waals surface area contributed by atoms with E-state index in [4.69, 9.17) is 9.63 Å². The Hall–Kier alpha value is -0.550. The molecule has 0 bridgehead atoms. The number of nitrogens with zero attached hydrogens (tertiary/aromatic N) is 2. The predicted molar refractivity (Wildman–Crippen MR) is 60.8 cm³/mol. The van der Waals surface area contributed by atoms with Crippen LogP contribution < -0.4 is 0 Å². The molecular weight excluding hydrogens is 212 g/mol. The van der Waals surface area contributed by atoms with Gasteiger partial charge in [-0.2, -0.15) is 16.7 Å². The van der Waals surface area contributed by atoms with Crippen molar-refractivity contribution in [3.8, 4) is 0 Å². The highest BCUT2D eigenvalue weighted by Gasteiger charge is 2.09. The maximum absolute atomic E-state index is 8.84. The first-order valence-corrected chi connectivity index (χ1v) is 6.30. The van der Waals surface area contributed by atoms with Crippen LogP contribution in [0, 0.1) is 5.92 Å². The molecule has 1 rings (SSSR count). The van der Waals surface area contributed by atoms with Gasteiger partial charge in [-0.3, -0.25) is 0 Å². The summed E-state index contributed by atoms with van der Waals surface area (Å²) >= 11 is 1.71. The van der Waals surface area contributed by atoms with E-state index in [0.29, 0.717) is 17.7 Å². The maximum Gasteiger partial charge on any atom is 0.236 e. The second-order valence-electron chi connectivity index (χ2n) is 4.00. The van der Waals surface area contributed by atoms with Crippen LogP contribution in [-0.2, 0) is 5.75 Å². The van der Waals surface area contributed by atoms with Gasteiger partial charge in [0.25, 0.3) is 0 Å². The SMILES string of the molecule is CC(CO)CSCc1nc(C(C)C)no1. The lowest BCUT2D eigenvalue weighted by atomic mass is 10.2. The Balaban J connectivity index is 2.31. The molecule has 15 heavy (non-hydrogen) atoms. The van der Waals surface area contributed by atoms with Gasteiger partial charge in [-0.1, -0.05) is 25.9 Å². The molecule has 0 saturated heterocycles. The predicted octanol–water partition coefficient (Wildman–Crippen LogP) is 2.05. The van der Waals surface area contributed by atoms with Crippen molar-refractivity contribution in [3.63, 3.8) is 0 Å². The molecule has 0 saturated carbocycles. The molecule has 1 unspecified atom stereocenters. The third kappa shape index (κ3) is 4.22. The molecule has 0 aliphatic carbocycles. The fraction of sp³-hybridized carbons (Fsp3) is 0.800. The van der Waals surface area contributed by atoms with Crippen molar-refractivity contribution in [2.45, 2.75) is 32.4 Å². The Labute approximate surface area is 94.5 Å². The summed E-state index contributed by atoms with van der Waals surface area (Å²) in [6.45, 7) is 6.32. The van der Waals surface area contributed by atoms with Crippen molar-refractivity contribution in [2.24, 2.45) is 5.92 Å². The fourth-order valence-corrected chi connectivity index (χ4v) is 1.88. The number of aromatic nitrogens is 2. The summed E-state index contributed by atoms with van der Waals surface area (Å²) in [5.41, 5.74) is 0. The molecule has 0 radical (unpaired) electrons. The van der Waals surface area contributed by atoms with Gasteiger partial charge in [0.15, 0.2) is 5.82 Å². The smallest absolute Gasteiger partial charge is 0.236 e. The van der Waals surface area contributed by atoms with Crippen molar-refractivity contribution in [2.75, 3.05) is 12.4 Å². The minimum Gasteiger partial charge on any atom is -0.396 e. The molecule has 0 aliphatic rings. The van der Waals surface area contributed by atoms with Gasteiger partial charge in [-0.15, -0.1) is 0 Å². The Kier molecular flexibility index (Phi) is 5.11. The van der Waals surface area contributed by atoms with Gasteiger partial charge in [0, 0.05) is 12.5 Å². The molecule has 0 spiro atoms. The number of hydrogen-bond acceptors (Lipinski definition) is 5. The van der Waals surface area contributed by atoms with E-state index < -0.39 is 0 Å². The van der Waals surface area contributed by atoms with Crippen molar-refractivity contribution in [1.29, 1.82) is 0 Å². The van der Waals surface area contributed by atoms with Gasteiger partial charge < -0.3 is 9.63 Å². The van der Waals surface area contributed by atoms with Gasteiger partial charge in [0.05, 0.1) is 5.75 Å². The highest BCUT2D eigenvalue weighted by atomic mass is 32.2. The molecule has 1 aromatic rings. The summed E-state index contributed by atoms with van der Waals surface area (Å²) in [7, 11) is 0. The van der Waals surface area contributed by atoms with Crippen molar-refractivity contribution in [3.05, 3.63) is 11.7 Å². The normalized spacial score (nSPS) is 13.4. The van der Waals surface area contributed by atoms with E-state index in [-0.39, 0.29) is 6.61 Å². The van der Waals surface area contributed by atoms with Crippen LogP contribution in [0.5, 0.6) is 0 Å². The van der Waals surface area contributed by atoms with Crippen molar-refractivity contribution in [1.82, 2.24) is 10.1 Å². The van der Waals surface area contributed by atoms with E-state index in [1.54, 1.807) is 11.8 Å². The maximum atomic E-state index is 8.84. The third-order valence-corrected chi connectivity index (χ3v) is 3.20. The van der Waals surface area contributed by atoms with Crippen LogP contribution in [0.1, 0.15) is 38.4 Å². The Morgan fingerprint density at radius 1 is 1.40 bits per heavy atom. The number of rotatable bonds is 6. The van der Waals surface area contributed by atoms with Crippen LogP contribution in [0.15, 0.2) is 4.52 Å². The molecule has 5 heteroatoms. The molecule has 1 N–H and O–H groups in total. The molecule has 1 aromatic heterocycles. The topological polar surface area (TPSA) is 59.2 Å². The minimum atomic E-state index is 0.230. The molecule has 0 aromatic carbocycles. The molecule has 0 amide bonds. The lowest BCUT2D eigenvalue weighted by molar-refractivity contribution is 0.250. The summed E-state index contributed by atoms with van der Waals surface area (Å²) in [5.74, 6) is 3.71. The second kappa shape index (κ2) is 6.12. The zero-order valence-electron chi connectivity index (χ0n) is 9.43. The monoisotopic (exact) mass is 230 g/mol. The highest BCUT2D eigenvalue weighted by molar-refractivity contribution is 7.98. The van der Waals surface area contributed by atoms with Crippen LogP contribution in [0.3, 0.4) is 0 Å². The van der Waals surface area contributed by atoms with Crippen molar-refractivity contribution < 1.29 is 9.63 Å². The first-order valence-electron chi connectivity index (χ1n) is 5.14. The summed E-state index contributed by atoms with van der Waals surface area (Å²) in [6, 6.07) is 0. The average molecular weight is 230 g/mol. The minimum absolute atomic E-state index is 0.230. The largest absolute Gasteiger partial charge is 0.396 e. The average Bonchev–Trinajstić information content (AvgIpc) is 2.66. The van der Waals surface area contributed by atoms with Gasteiger partial charge in [-0.05, 0) is 11.7 Å². The van der Waals surface area contributed by atoms with Crippen LogP contribution in [0.2, 0.25) is 0 Å². The molecule has 1 heterocycles. The first-order chi connectivity index (χ1) is 7.13. The number of hydrogen-bond donors (Lipinski definition) is 1. The number of aliphatic hydroxyl groups excluding tert-OH is 1. The van der Waals surface area contributed by atoms with Gasteiger partial charge in [-0.25, -0.2) is 0 Å².